The van der Waals surface area contributed by atoms with E-state index in [0.717, 1.165) is 0 Å². The van der Waals surface area contributed by atoms with Crippen LogP contribution in [0.2, 0.25) is 5.02 Å². The highest BCUT2D eigenvalue weighted by atomic mass is 35.5. The topological polar surface area (TPSA) is 80.5 Å². The van der Waals surface area contributed by atoms with E-state index in [4.69, 9.17) is 16.7 Å². The summed E-state index contributed by atoms with van der Waals surface area (Å²) >= 11 is 6.13. The molecule has 0 aliphatic carbocycles. The molecule has 0 unspecified atom stereocenters. The zero-order chi connectivity index (χ0) is 14.7. The van der Waals surface area contributed by atoms with E-state index in [2.05, 4.69) is 0 Å². The van der Waals surface area contributed by atoms with Gasteiger partial charge in [0.2, 0.25) is 10.0 Å². The third-order valence-electron chi connectivity index (χ3n) is 3.42. The molecule has 0 saturated heterocycles. The second-order valence-electron chi connectivity index (χ2n) is 4.53. The van der Waals surface area contributed by atoms with Crippen LogP contribution < -0.4 is 10.0 Å². The fourth-order valence-corrected chi connectivity index (χ4v) is 3.70. The lowest BCUT2D eigenvalue weighted by Gasteiger charge is -2.18. The van der Waals surface area contributed by atoms with Crippen LogP contribution in [0.1, 0.15) is 17.3 Å². The summed E-state index contributed by atoms with van der Waals surface area (Å²) in [6.07, 6.45) is 0. The molecule has 5 nitrogen and oxygen atoms in total. The van der Waals surface area contributed by atoms with Gasteiger partial charge >= 0.3 is 0 Å². The van der Waals surface area contributed by atoms with Gasteiger partial charge in [-0.25, -0.2) is 13.6 Å². The summed E-state index contributed by atoms with van der Waals surface area (Å²) in [5.74, 6) is -0.236. The molecule has 1 aliphatic rings. The summed E-state index contributed by atoms with van der Waals surface area (Å²) in [4.78, 5) is 13.6. The number of carbonyl (C=O) groups is 1. The number of sulfonamides is 1. The van der Waals surface area contributed by atoms with Gasteiger partial charge in [0.05, 0.1) is 5.69 Å². The van der Waals surface area contributed by atoms with E-state index >= 15 is 0 Å². The van der Waals surface area contributed by atoms with E-state index in [1.54, 1.807) is 25.1 Å². The van der Waals surface area contributed by atoms with Crippen molar-refractivity contribution in [3.05, 3.63) is 34.9 Å². The second kappa shape index (κ2) is 4.18. The zero-order valence-corrected chi connectivity index (χ0v) is 12.1. The van der Waals surface area contributed by atoms with Crippen LogP contribution in [-0.4, -0.2) is 20.9 Å². The number of carbonyl (C=O) groups excluding carboxylic acids is 1. The molecule has 1 amide bonds. The standard InChI is InChI=1S/C13H11ClN2O3S/c1-2-16-12-10(20(15,18)19)6-9(14)7-4-3-5-8(11(7)12)13(16)17/h3-6H,2H2,1H3,(H2,15,18,19). The molecule has 0 saturated carbocycles. The van der Waals surface area contributed by atoms with E-state index < -0.39 is 10.0 Å². The Hall–Kier alpha value is -1.63. The Morgan fingerprint density at radius 3 is 2.65 bits per heavy atom. The molecular weight excluding hydrogens is 300 g/mol. The lowest BCUT2D eigenvalue weighted by Crippen LogP contribution is -2.28. The van der Waals surface area contributed by atoms with Crippen LogP contribution in [0.5, 0.6) is 0 Å². The number of hydrogen-bond acceptors (Lipinski definition) is 3. The van der Waals surface area contributed by atoms with Gasteiger partial charge < -0.3 is 4.90 Å². The van der Waals surface area contributed by atoms with Gasteiger partial charge in [0.1, 0.15) is 4.90 Å². The fourth-order valence-electron chi connectivity index (χ4n) is 2.60. The molecule has 20 heavy (non-hydrogen) atoms. The number of primary sulfonamides is 1. The minimum absolute atomic E-state index is 0.116. The molecule has 2 aromatic rings. The molecule has 0 spiro atoms. The lowest BCUT2D eigenvalue weighted by atomic mass is 10.1. The third-order valence-corrected chi connectivity index (χ3v) is 4.65. The monoisotopic (exact) mass is 310 g/mol. The Morgan fingerprint density at radius 1 is 1.35 bits per heavy atom. The van der Waals surface area contributed by atoms with E-state index in [1.165, 1.54) is 11.0 Å². The molecule has 2 aromatic carbocycles. The Balaban J connectivity index is 2.57. The highest BCUT2D eigenvalue weighted by molar-refractivity contribution is 7.89. The van der Waals surface area contributed by atoms with E-state index in [1.807, 2.05) is 0 Å². The van der Waals surface area contributed by atoms with Crippen molar-refractivity contribution < 1.29 is 13.2 Å². The molecule has 0 aromatic heterocycles. The predicted molar refractivity (Wildman–Crippen MR) is 77.7 cm³/mol. The molecule has 7 heteroatoms. The van der Waals surface area contributed by atoms with Crippen molar-refractivity contribution in [2.75, 3.05) is 11.4 Å². The Bertz CT molecular complexity index is 862. The first-order valence-corrected chi connectivity index (χ1v) is 7.88. The van der Waals surface area contributed by atoms with E-state index in [9.17, 15) is 13.2 Å². The molecule has 1 aliphatic heterocycles. The minimum Gasteiger partial charge on any atom is -0.307 e. The van der Waals surface area contributed by atoms with Crippen molar-refractivity contribution in [2.45, 2.75) is 11.8 Å². The van der Waals surface area contributed by atoms with Gasteiger partial charge in [0.15, 0.2) is 0 Å². The molecular formula is C13H11ClN2O3S. The molecule has 3 rings (SSSR count). The Kier molecular flexibility index (Phi) is 2.79. The predicted octanol–water partition coefficient (Wildman–Crippen LogP) is 2.12. The summed E-state index contributed by atoms with van der Waals surface area (Å²) in [6, 6.07) is 6.44. The molecule has 0 radical (unpaired) electrons. The number of anilines is 1. The highest BCUT2D eigenvalue weighted by Crippen LogP contribution is 2.44. The number of halogens is 1. The van der Waals surface area contributed by atoms with Crippen molar-refractivity contribution in [3.8, 4) is 0 Å². The van der Waals surface area contributed by atoms with Crippen molar-refractivity contribution in [2.24, 2.45) is 5.14 Å². The maximum atomic E-state index is 12.3. The van der Waals surface area contributed by atoms with Gasteiger partial charge in [-0.3, -0.25) is 4.79 Å². The van der Waals surface area contributed by atoms with Crippen LogP contribution in [0.3, 0.4) is 0 Å². The van der Waals surface area contributed by atoms with Gasteiger partial charge in [-0.2, -0.15) is 0 Å². The molecule has 0 atom stereocenters. The quantitative estimate of drug-likeness (QED) is 0.922. The first-order valence-electron chi connectivity index (χ1n) is 5.96. The van der Waals surface area contributed by atoms with Gasteiger partial charge in [0.25, 0.3) is 5.91 Å². The molecule has 104 valence electrons. The average Bonchev–Trinajstić information content (AvgIpc) is 2.67. The van der Waals surface area contributed by atoms with Gasteiger partial charge in [-0.05, 0) is 19.1 Å². The first kappa shape index (κ1) is 13.4. The first-order chi connectivity index (χ1) is 9.36. The van der Waals surface area contributed by atoms with Crippen LogP contribution in [0.15, 0.2) is 29.2 Å². The molecule has 2 N–H and O–H groups in total. The number of benzene rings is 2. The van der Waals surface area contributed by atoms with Crippen LogP contribution >= 0.6 is 11.6 Å². The number of hydrogen-bond donors (Lipinski definition) is 1. The SMILES string of the molecule is CCN1C(=O)c2cccc3c(Cl)cc(S(N)(=O)=O)c1c23. The third kappa shape index (κ3) is 1.65. The summed E-state index contributed by atoms with van der Waals surface area (Å²) in [7, 11) is -3.97. The smallest absolute Gasteiger partial charge is 0.259 e. The van der Waals surface area contributed by atoms with Gasteiger partial charge in [-0.1, -0.05) is 23.7 Å². The summed E-state index contributed by atoms with van der Waals surface area (Å²) in [6.45, 7) is 2.13. The van der Waals surface area contributed by atoms with Crippen LogP contribution in [-0.2, 0) is 10.0 Å². The van der Waals surface area contributed by atoms with Crippen molar-refractivity contribution in [1.82, 2.24) is 0 Å². The van der Waals surface area contributed by atoms with Crippen LogP contribution in [0, 0.1) is 0 Å². The average molecular weight is 311 g/mol. The fraction of sp³-hybridized carbons (Fsp3) is 0.154. The van der Waals surface area contributed by atoms with Crippen molar-refractivity contribution in [1.29, 1.82) is 0 Å². The lowest BCUT2D eigenvalue weighted by molar-refractivity contribution is 0.0994. The summed E-state index contributed by atoms with van der Waals surface area (Å²) in [5, 5.41) is 6.72. The van der Waals surface area contributed by atoms with Crippen LogP contribution in [0.4, 0.5) is 5.69 Å². The maximum Gasteiger partial charge on any atom is 0.259 e. The number of amides is 1. The van der Waals surface area contributed by atoms with E-state index in [0.29, 0.717) is 28.6 Å². The number of rotatable bonds is 2. The zero-order valence-electron chi connectivity index (χ0n) is 10.6. The van der Waals surface area contributed by atoms with Gasteiger partial charge in [-0.15, -0.1) is 0 Å². The van der Waals surface area contributed by atoms with Crippen molar-refractivity contribution in [3.63, 3.8) is 0 Å². The highest BCUT2D eigenvalue weighted by Gasteiger charge is 2.34. The maximum absolute atomic E-state index is 12.3. The number of nitrogens with zero attached hydrogens (tertiary/aromatic N) is 1. The second-order valence-corrected chi connectivity index (χ2v) is 6.46. The minimum atomic E-state index is -3.97. The number of nitrogens with two attached hydrogens (primary N) is 1. The van der Waals surface area contributed by atoms with Crippen LogP contribution in [0.25, 0.3) is 10.8 Å². The molecule has 1 heterocycles. The Labute approximate surface area is 121 Å². The van der Waals surface area contributed by atoms with Gasteiger partial charge in [0, 0.05) is 27.9 Å². The van der Waals surface area contributed by atoms with E-state index in [-0.39, 0.29) is 15.8 Å². The molecule has 0 fully saturated rings. The Morgan fingerprint density at radius 2 is 2.05 bits per heavy atom. The molecule has 0 bridgehead atoms. The largest absolute Gasteiger partial charge is 0.307 e. The summed E-state index contributed by atoms with van der Waals surface area (Å²) < 4.78 is 23.6. The normalized spacial score (nSPS) is 14.3. The summed E-state index contributed by atoms with van der Waals surface area (Å²) in [5.41, 5.74) is 0.779. The van der Waals surface area contributed by atoms with Crippen molar-refractivity contribution >= 4 is 44.0 Å².